The summed E-state index contributed by atoms with van der Waals surface area (Å²) in [4.78, 5) is 3.86. The fourth-order valence-electron chi connectivity index (χ4n) is 1.36. The minimum atomic E-state index is -3.28. The number of nitrogens with one attached hydrogen (secondary N) is 1. The molecule has 4 nitrogen and oxygen atoms in total. The zero-order valence-electron chi connectivity index (χ0n) is 7.53. The van der Waals surface area contributed by atoms with Crippen LogP contribution in [0.3, 0.4) is 0 Å². The van der Waals surface area contributed by atoms with Crippen molar-refractivity contribution in [3.05, 3.63) is 10.0 Å². The highest BCUT2D eigenvalue weighted by atomic mass is 79.9. The smallest absolute Gasteiger partial charge is 0.229 e. The van der Waals surface area contributed by atoms with E-state index in [1.807, 2.05) is 0 Å². The van der Waals surface area contributed by atoms with Crippen molar-refractivity contribution in [2.75, 3.05) is 6.54 Å². The lowest BCUT2D eigenvalue weighted by molar-refractivity contribution is 0.355. The van der Waals surface area contributed by atoms with Crippen molar-refractivity contribution in [3.63, 3.8) is 0 Å². The third-order valence-electron chi connectivity index (χ3n) is 2.52. The van der Waals surface area contributed by atoms with Crippen LogP contribution >= 0.6 is 15.9 Å². The summed E-state index contributed by atoms with van der Waals surface area (Å²) in [5.41, 5.74) is 0. The summed E-state index contributed by atoms with van der Waals surface area (Å²) in [6.07, 6.45) is 4.86. The monoisotopic (exact) mass is 278 g/mol. The molecule has 0 aromatic heterocycles. The van der Waals surface area contributed by atoms with Crippen molar-refractivity contribution in [1.29, 1.82) is 0 Å². The predicted octanol–water partition coefficient (Wildman–Crippen LogP) is 1.15. The molecule has 0 aromatic carbocycles. The molecule has 0 saturated heterocycles. The first-order valence-corrected chi connectivity index (χ1v) is 6.79. The quantitative estimate of drug-likeness (QED) is 0.843. The minimum Gasteiger partial charge on any atom is -0.308 e. The van der Waals surface area contributed by atoms with Crippen molar-refractivity contribution in [3.8, 4) is 0 Å². The molecule has 0 aromatic rings. The lowest BCUT2D eigenvalue weighted by atomic mass is 9.93. The van der Waals surface area contributed by atoms with Crippen LogP contribution < -0.4 is 5.32 Å². The standard InChI is InChI=1S/C8H11BrN2O2S/c9-7-4-11-8(14(7,12)13)5-10-6-2-1-3-6/h4,6,10H,1-3,5H2. The molecule has 2 rings (SSSR count). The highest BCUT2D eigenvalue weighted by molar-refractivity contribution is 9.14. The lowest BCUT2D eigenvalue weighted by Crippen LogP contribution is -2.39. The first-order chi connectivity index (χ1) is 6.60. The first kappa shape index (κ1) is 10.3. The van der Waals surface area contributed by atoms with Gasteiger partial charge in [0.2, 0.25) is 9.84 Å². The van der Waals surface area contributed by atoms with Crippen molar-refractivity contribution in [1.82, 2.24) is 5.32 Å². The summed E-state index contributed by atoms with van der Waals surface area (Å²) in [5, 5.41) is 3.39. The number of hydrogen-bond donors (Lipinski definition) is 1. The molecule has 78 valence electrons. The molecule has 1 fully saturated rings. The SMILES string of the molecule is O=S1(=O)C(Br)=CN=C1CNC1CCC1. The molecule has 2 aliphatic rings. The maximum Gasteiger partial charge on any atom is 0.229 e. The van der Waals surface area contributed by atoms with Gasteiger partial charge in [-0.25, -0.2) is 13.4 Å². The molecule has 0 unspecified atom stereocenters. The first-order valence-electron chi connectivity index (χ1n) is 4.51. The number of aliphatic imine (C=N–C) groups is 1. The molecule has 1 heterocycles. The van der Waals surface area contributed by atoms with Gasteiger partial charge in [-0.2, -0.15) is 0 Å². The second-order valence-electron chi connectivity index (χ2n) is 3.47. The molecule has 0 spiro atoms. The van der Waals surface area contributed by atoms with Gasteiger partial charge in [-0.1, -0.05) is 6.42 Å². The summed E-state index contributed by atoms with van der Waals surface area (Å²) >= 11 is 2.97. The topological polar surface area (TPSA) is 58.5 Å². The van der Waals surface area contributed by atoms with Gasteiger partial charge < -0.3 is 5.32 Å². The van der Waals surface area contributed by atoms with Crippen LogP contribution in [0.4, 0.5) is 0 Å². The third-order valence-corrected chi connectivity index (χ3v) is 5.50. The van der Waals surface area contributed by atoms with Gasteiger partial charge in [-0.3, -0.25) is 0 Å². The molecule has 1 aliphatic carbocycles. The van der Waals surface area contributed by atoms with Crippen molar-refractivity contribution in [2.45, 2.75) is 25.3 Å². The maximum atomic E-state index is 11.5. The highest BCUT2D eigenvalue weighted by Crippen LogP contribution is 2.23. The van der Waals surface area contributed by atoms with Gasteiger partial charge in [-0.15, -0.1) is 0 Å². The van der Waals surface area contributed by atoms with Crippen molar-refractivity contribution < 1.29 is 8.42 Å². The van der Waals surface area contributed by atoms with E-state index in [0.29, 0.717) is 12.6 Å². The summed E-state index contributed by atoms with van der Waals surface area (Å²) in [7, 11) is -3.28. The molecule has 14 heavy (non-hydrogen) atoms. The highest BCUT2D eigenvalue weighted by Gasteiger charge is 2.28. The summed E-state index contributed by atoms with van der Waals surface area (Å²) in [6, 6.07) is 0.479. The molecule has 0 bridgehead atoms. The van der Waals surface area contributed by atoms with E-state index in [1.54, 1.807) is 0 Å². The van der Waals surface area contributed by atoms with Gasteiger partial charge in [-0.05, 0) is 28.8 Å². The van der Waals surface area contributed by atoms with E-state index < -0.39 is 9.84 Å². The van der Waals surface area contributed by atoms with Gasteiger partial charge in [0.1, 0.15) is 3.81 Å². The Morgan fingerprint density at radius 3 is 2.71 bits per heavy atom. The van der Waals surface area contributed by atoms with Crippen molar-refractivity contribution >= 4 is 30.8 Å². The Bertz CT molecular complexity index is 396. The van der Waals surface area contributed by atoms with Crippen LogP contribution in [0.2, 0.25) is 0 Å². The third kappa shape index (κ3) is 1.78. The fraction of sp³-hybridized carbons (Fsp3) is 0.625. The molecule has 0 amide bonds. The Kier molecular flexibility index (Phi) is 2.77. The number of nitrogens with zero attached hydrogens (tertiary/aromatic N) is 1. The Morgan fingerprint density at radius 1 is 1.57 bits per heavy atom. The van der Waals surface area contributed by atoms with Crippen LogP contribution in [-0.2, 0) is 9.84 Å². The average molecular weight is 279 g/mol. The number of hydrogen-bond acceptors (Lipinski definition) is 4. The Hall–Kier alpha value is -0.200. The number of rotatable bonds is 3. The summed E-state index contributed by atoms with van der Waals surface area (Å²) in [5.74, 6) is 0. The van der Waals surface area contributed by atoms with E-state index >= 15 is 0 Å². The minimum absolute atomic E-state index is 0.162. The second kappa shape index (κ2) is 3.75. The van der Waals surface area contributed by atoms with Crippen LogP contribution in [0.1, 0.15) is 19.3 Å². The molecular formula is C8H11BrN2O2S. The zero-order valence-corrected chi connectivity index (χ0v) is 9.94. The number of sulfone groups is 1. The molecule has 0 atom stereocenters. The maximum absolute atomic E-state index is 11.5. The van der Waals surface area contributed by atoms with Crippen LogP contribution in [0.25, 0.3) is 0 Å². The van der Waals surface area contributed by atoms with Gasteiger partial charge >= 0.3 is 0 Å². The van der Waals surface area contributed by atoms with E-state index in [2.05, 4.69) is 26.2 Å². The van der Waals surface area contributed by atoms with Crippen molar-refractivity contribution in [2.24, 2.45) is 4.99 Å². The zero-order chi connectivity index (χ0) is 10.2. The van der Waals surface area contributed by atoms with Crippen LogP contribution in [0.15, 0.2) is 15.0 Å². The lowest BCUT2D eigenvalue weighted by Gasteiger charge is -2.26. The van der Waals surface area contributed by atoms with Gasteiger partial charge in [0.15, 0.2) is 5.04 Å². The van der Waals surface area contributed by atoms with Crippen LogP contribution in [0.5, 0.6) is 0 Å². The van der Waals surface area contributed by atoms with E-state index in [9.17, 15) is 8.42 Å². The van der Waals surface area contributed by atoms with E-state index in [4.69, 9.17) is 0 Å². The largest absolute Gasteiger partial charge is 0.308 e. The average Bonchev–Trinajstić information content (AvgIpc) is 2.28. The predicted molar refractivity (Wildman–Crippen MR) is 59.0 cm³/mol. The van der Waals surface area contributed by atoms with E-state index in [0.717, 1.165) is 12.8 Å². The van der Waals surface area contributed by atoms with Crippen LogP contribution in [0, 0.1) is 0 Å². The van der Waals surface area contributed by atoms with E-state index in [-0.39, 0.29) is 8.86 Å². The van der Waals surface area contributed by atoms with Gasteiger partial charge in [0, 0.05) is 12.6 Å². The normalized spacial score (nSPS) is 25.5. The van der Waals surface area contributed by atoms with Gasteiger partial charge in [0.25, 0.3) is 0 Å². The van der Waals surface area contributed by atoms with E-state index in [1.165, 1.54) is 12.6 Å². The fourth-order valence-corrected chi connectivity index (χ4v) is 2.90. The second-order valence-corrected chi connectivity index (χ2v) is 6.77. The molecule has 1 aliphatic heterocycles. The molecule has 1 N–H and O–H groups in total. The Labute approximate surface area is 91.5 Å². The molecule has 6 heteroatoms. The molecular weight excluding hydrogens is 268 g/mol. The summed E-state index contributed by atoms with van der Waals surface area (Å²) < 4.78 is 23.2. The van der Waals surface area contributed by atoms with Crippen LogP contribution in [-0.4, -0.2) is 26.0 Å². The Balaban J connectivity index is 1.94. The van der Waals surface area contributed by atoms with Gasteiger partial charge in [0.05, 0.1) is 6.20 Å². The number of halogens is 1. The summed E-state index contributed by atoms with van der Waals surface area (Å²) in [6.45, 7) is 0.346. The molecule has 1 saturated carbocycles. The Morgan fingerprint density at radius 2 is 2.29 bits per heavy atom. The molecule has 0 radical (unpaired) electrons.